The van der Waals surface area contributed by atoms with Crippen LogP contribution >= 0.6 is 0 Å². The molecule has 146 valence electrons. The lowest BCUT2D eigenvalue weighted by Crippen LogP contribution is -2.43. The van der Waals surface area contributed by atoms with E-state index >= 15 is 0 Å². The molecular formula is C23H20N2O4. The molecule has 0 aliphatic carbocycles. The largest absolute Gasteiger partial charge is 0.497 e. The van der Waals surface area contributed by atoms with Crippen LogP contribution in [-0.4, -0.2) is 26.2 Å². The average Bonchev–Trinajstić information content (AvgIpc) is 2.79. The zero-order chi connectivity index (χ0) is 19.8. The van der Waals surface area contributed by atoms with E-state index in [0.717, 1.165) is 28.4 Å². The van der Waals surface area contributed by atoms with Crippen molar-refractivity contribution in [3.63, 3.8) is 0 Å². The van der Waals surface area contributed by atoms with Gasteiger partial charge in [0.25, 0.3) is 5.91 Å². The first-order valence-electron chi connectivity index (χ1n) is 9.47. The molecule has 0 saturated carbocycles. The maximum atomic E-state index is 13.4. The Morgan fingerprint density at radius 3 is 2.52 bits per heavy atom. The normalized spacial score (nSPS) is 17.3. The second-order valence-corrected chi connectivity index (χ2v) is 6.87. The van der Waals surface area contributed by atoms with Gasteiger partial charge in [-0.1, -0.05) is 18.2 Å². The first-order chi connectivity index (χ1) is 14.2. The third kappa shape index (κ3) is 3.02. The van der Waals surface area contributed by atoms with Gasteiger partial charge in [0.05, 0.1) is 12.7 Å². The Labute approximate surface area is 168 Å². The number of amides is 1. The Hall–Kier alpha value is -3.67. The molecule has 1 amide bonds. The molecule has 1 N–H and O–H groups in total. The van der Waals surface area contributed by atoms with Crippen LogP contribution in [0.15, 0.2) is 66.7 Å². The number of methoxy groups -OCH3 is 1. The average molecular weight is 388 g/mol. The number of hydrogen-bond donors (Lipinski definition) is 1. The van der Waals surface area contributed by atoms with Crippen molar-refractivity contribution >= 4 is 17.3 Å². The van der Waals surface area contributed by atoms with Gasteiger partial charge in [-0.25, -0.2) is 0 Å². The van der Waals surface area contributed by atoms with Crippen molar-refractivity contribution in [2.24, 2.45) is 0 Å². The minimum Gasteiger partial charge on any atom is -0.497 e. The Kier molecular flexibility index (Phi) is 4.24. The highest BCUT2D eigenvalue weighted by molar-refractivity contribution is 6.12. The van der Waals surface area contributed by atoms with Crippen LogP contribution < -0.4 is 24.4 Å². The number of hydrogen-bond acceptors (Lipinski definition) is 5. The highest BCUT2D eigenvalue weighted by atomic mass is 16.6. The summed E-state index contributed by atoms with van der Waals surface area (Å²) in [6.07, 6.45) is -0.387. The van der Waals surface area contributed by atoms with Crippen LogP contribution in [0.2, 0.25) is 0 Å². The minimum absolute atomic E-state index is 0.0654. The van der Waals surface area contributed by atoms with E-state index in [4.69, 9.17) is 14.2 Å². The smallest absolute Gasteiger partial charge is 0.262 e. The van der Waals surface area contributed by atoms with E-state index in [9.17, 15) is 4.79 Å². The van der Waals surface area contributed by atoms with Gasteiger partial charge in [0.15, 0.2) is 11.5 Å². The summed E-state index contributed by atoms with van der Waals surface area (Å²) >= 11 is 0. The zero-order valence-corrected chi connectivity index (χ0v) is 15.9. The van der Waals surface area contributed by atoms with E-state index in [1.807, 2.05) is 66.7 Å². The van der Waals surface area contributed by atoms with E-state index in [1.165, 1.54) is 0 Å². The first kappa shape index (κ1) is 17.4. The number of rotatable bonds is 3. The molecule has 2 heterocycles. The Balaban J connectivity index is 1.61. The van der Waals surface area contributed by atoms with Crippen LogP contribution in [0.25, 0.3) is 0 Å². The summed E-state index contributed by atoms with van der Waals surface area (Å²) in [5, 5.41) is 3.51. The number of nitrogens with zero attached hydrogens (tertiary/aromatic N) is 1. The standard InChI is InChI=1S/C23H20N2O4/c1-27-17-9-7-16(8-10-17)25-22(24-19-5-3-2-4-18(19)23(25)26)15-6-11-20-21(14-15)29-13-12-28-20/h2-11,14,22,24H,12-13H2,1H3/t22-/m0/s1. The van der Waals surface area contributed by atoms with Gasteiger partial charge in [0, 0.05) is 11.4 Å². The number of benzene rings is 3. The topological polar surface area (TPSA) is 60.0 Å². The van der Waals surface area contributed by atoms with E-state index in [-0.39, 0.29) is 12.1 Å². The van der Waals surface area contributed by atoms with Crippen LogP contribution in [0.1, 0.15) is 22.1 Å². The molecule has 0 saturated heterocycles. The lowest BCUT2D eigenvalue weighted by molar-refractivity contribution is 0.0974. The SMILES string of the molecule is COc1ccc(N2C(=O)c3ccccc3N[C@@H]2c2ccc3c(c2)OCCO3)cc1. The fourth-order valence-corrected chi connectivity index (χ4v) is 3.73. The van der Waals surface area contributed by atoms with E-state index in [0.29, 0.717) is 24.5 Å². The number of carbonyl (C=O) groups is 1. The van der Waals surface area contributed by atoms with Crippen molar-refractivity contribution in [3.05, 3.63) is 77.9 Å². The van der Waals surface area contributed by atoms with Gasteiger partial charge in [0.1, 0.15) is 25.1 Å². The zero-order valence-electron chi connectivity index (χ0n) is 15.9. The number of ether oxygens (including phenoxy) is 3. The van der Waals surface area contributed by atoms with E-state index in [2.05, 4.69) is 5.32 Å². The molecule has 0 aromatic heterocycles. The number of fused-ring (bicyclic) bond motifs is 2. The Morgan fingerprint density at radius 1 is 0.966 bits per heavy atom. The summed E-state index contributed by atoms with van der Waals surface area (Å²) in [6.45, 7) is 1.05. The molecule has 0 fully saturated rings. The van der Waals surface area contributed by atoms with Gasteiger partial charge in [-0.15, -0.1) is 0 Å². The Morgan fingerprint density at radius 2 is 1.72 bits per heavy atom. The molecule has 2 aliphatic heterocycles. The lowest BCUT2D eigenvalue weighted by Gasteiger charge is -2.38. The second kappa shape index (κ2) is 7.05. The van der Waals surface area contributed by atoms with Gasteiger partial charge in [-0.3, -0.25) is 9.69 Å². The van der Waals surface area contributed by atoms with Crippen LogP contribution in [0, 0.1) is 0 Å². The van der Waals surface area contributed by atoms with E-state index < -0.39 is 0 Å². The van der Waals surface area contributed by atoms with Gasteiger partial charge in [0.2, 0.25) is 0 Å². The molecular weight excluding hydrogens is 368 g/mol. The summed E-state index contributed by atoms with van der Waals surface area (Å²) in [6, 6.07) is 20.8. The molecule has 3 aromatic carbocycles. The molecule has 0 spiro atoms. The minimum atomic E-state index is -0.387. The summed E-state index contributed by atoms with van der Waals surface area (Å²) < 4.78 is 16.7. The molecule has 29 heavy (non-hydrogen) atoms. The second-order valence-electron chi connectivity index (χ2n) is 6.87. The predicted octanol–water partition coefficient (Wildman–Crippen LogP) is 4.24. The fraction of sp³-hybridized carbons (Fsp3) is 0.174. The Bertz CT molecular complexity index is 1060. The van der Waals surface area contributed by atoms with Crippen LogP contribution in [0.4, 0.5) is 11.4 Å². The van der Waals surface area contributed by atoms with Gasteiger partial charge >= 0.3 is 0 Å². The van der Waals surface area contributed by atoms with Crippen molar-refractivity contribution in [2.45, 2.75) is 6.17 Å². The van der Waals surface area contributed by atoms with Crippen molar-refractivity contribution in [1.82, 2.24) is 0 Å². The summed E-state index contributed by atoms with van der Waals surface area (Å²) in [5.74, 6) is 2.09. The molecule has 6 heteroatoms. The lowest BCUT2D eigenvalue weighted by atomic mass is 10.0. The summed E-state index contributed by atoms with van der Waals surface area (Å²) in [7, 11) is 1.62. The number of para-hydroxylation sites is 1. The van der Waals surface area contributed by atoms with Crippen LogP contribution in [0.5, 0.6) is 17.2 Å². The molecule has 1 atom stereocenters. The predicted molar refractivity (Wildman–Crippen MR) is 110 cm³/mol. The van der Waals surface area contributed by atoms with Crippen LogP contribution in [0.3, 0.4) is 0 Å². The summed E-state index contributed by atoms with van der Waals surface area (Å²) in [5.41, 5.74) is 3.13. The van der Waals surface area contributed by atoms with Gasteiger partial charge in [-0.2, -0.15) is 0 Å². The highest BCUT2D eigenvalue weighted by Gasteiger charge is 2.34. The van der Waals surface area contributed by atoms with Crippen LogP contribution in [-0.2, 0) is 0 Å². The number of carbonyl (C=O) groups excluding carboxylic acids is 1. The van der Waals surface area contributed by atoms with Gasteiger partial charge in [-0.05, 0) is 54.1 Å². The molecule has 0 radical (unpaired) electrons. The van der Waals surface area contributed by atoms with Crippen molar-refractivity contribution in [3.8, 4) is 17.2 Å². The maximum absolute atomic E-state index is 13.4. The number of anilines is 2. The molecule has 5 rings (SSSR count). The van der Waals surface area contributed by atoms with Crippen molar-refractivity contribution < 1.29 is 19.0 Å². The fourth-order valence-electron chi connectivity index (χ4n) is 3.73. The molecule has 6 nitrogen and oxygen atoms in total. The first-order valence-corrected chi connectivity index (χ1v) is 9.47. The van der Waals surface area contributed by atoms with Gasteiger partial charge < -0.3 is 19.5 Å². The third-order valence-electron chi connectivity index (χ3n) is 5.16. The number of nitrogens with one attached hydrogen (secondary N) is 1. The molecule has 0 unspecified atom stereocenters. The molecule has 0 bridgehead atoms. The monoisotopic (exact) mass is 388 g/mol. The van der Waals surface area contributed by atoms with E-state index in [1.54, 1.807) is 12.0 Å². The quantitative estimate of drug-likeness (QED) is 0.727. The van der Waals surface area contributed by atoms with Crippen molar-refractivity contribution in [1.29, 1.82) is 0 Å². The summed E-state index contributed by atoms with van der Waals surface area (Å²) in [4.78, 5) is 15.2. The highest BCUT2D eigenvalue weighted by Crippen LogP contribution is 2.40. The molecule has 2 aliphatic rings. The third-order valence-corrected chi connectivity index (χ3v) is 5.16. The maximum Gasteiger partial charge on any atom is 0.262 e. The van der Waals surface area contributed by atoms with Crippen molar-refractivity contribution in [2.75, 3.05) is 30.5 Å². The molecule has 3 aromatic rings.